The number of nitrogens with one attached hydrogen (secondary N) is 1. The summed E-state index contributed by atoms with van der Waals surface area (Å²) < 4.78 is 38.3. The molecule has 1 unspecified atom stereocenters. The number of methoxy groups -OCH3 is 1. The molecule has 2 aromatic rings. The normalized spacial score (nSPS) is 12.3. The van der Waals surface area contributed by atoms with Crippen LogP contribution in [0, 0.1) is 25.5 Å². The minimum atomic E-state index is -0.577. The number of rotatable bonds is 10. The minimum Gasteiger partial charge on any atom is -0.383 e. The summed E-state index contributed by atoms with van der Waals surface area (Å²) in [6, 6.07) is 10.0. The van der Waals surface area contributed by atoms with E-state index < -0.39 is 11.6 Å². The third kappa shape index (κ3) is 5.59. The molecule has 0 radical (unpaired) electrons. The molecule has 0 spiro atoms. The Kier molecular flexibility index (Phi) is 8.16. The molecule has 3 nitrogen and oxygen atoms in total. The minimum absolute atomic E-state index is 0.0277. The average Bonchev–Trinajstić information content (AvgIpc) is 2.60. The Hall–Kier alpha value is -1.82. The Bertz CT molecular complexity index is 666. The lowest BCUT2D eigenvalue weighted by Crippen LogP contribution is -2.28. The summed E-state index contributed by atoms with van der Waals surface area (Å²) in [6.45, 7) is 6.49. The molecular formula is C21H27F2NO2. The Morgan fingerprint density at radius 1 is 1.00 bits per heavy atom. The molecule has 0 aliphatic heterocycles. The molecule has 0 bridgehead atoms. The van der Waals surface area contributed by atoms with Crippen LogP contribution in [0.4, 0.5) is 8.78 Å². The number of ether oxygens (including phenoxy) is 2. The number of hydrogen-bond donors (Lipinski definition) is 1. The maximum atomic E-state index is 13.8. The second-order valence-electron chi connectivity index (χ2n) is 6.41. The SMILES string of the molecule is COCCNCC(COCc1c(F)cccc1F)c1c(C)cccc1C. The van der Waals surface area contributed by atoms with Crippen molar-refractivity contribution in [3.8, 4) is 0 Å². The smallest absolute Gasteiger partial charge is 0.131 e. The van der Waals surface area contributed by atoms with Crippen molar-refractivity contribution in [2.75, 3.05) is 33.4 Å². The molecule has 142 valence electrons. The zero-order valence-corrected chi connectivity index (χ0v) is 15.6. The summed E-state index contributed by atoms with van der Waals surface area (Å²) in [4.78, 5) is 0. The van der Waals surface area contributed by atoms with E-state index in [1.165, 1.54) is 34.9 Å². The first-order valence-corrected chi connectivity index (χ1v) is 8.81. The van der Waals surface area contributed by atoms with Gasteiger partial charge in [0.05, 0.1) is 19.8 Å². The highest BCUT2D eigenvalue weighted by Crippen LogP contribution is 2.24. The van der Waals surface area contributed by atoms with Crippen molar-refractivity contribution in [1.29, 1.82) is 0 Å². The van der Waals surface area contributed by atoms with Crippen LogP contribution in [0.25, 0.3) is 0 Å². The molecular weight excluding hydrogens is 336 g/mol. The van der Waals surface area contributed by atoms with Crippen molar-refractivity contribution in [1.82, 2.24) is 5.32 Å². The quantitative estimate of drug-likeness (QED) is 0.644. The third-order valence-electron chi connectivity index (χ3n) is 4.45. The van der Waals surface area contributed by atoms with Crippen LogP contribution in [-0.2, 0) is 16.1 Å². The zero-order valence-electron chi connectivity index (χ0n) is 15.6. The van der Waals surface area contributed by atoms with Gasteiger partial charge in [-0.1, -0.05) is 24.3 Å². The van der Waals surface area contributed by atoms with Gasteiger partial charge in [-0.2, -0.15) is 0 Å². The molecule has 0 saturated carbocycles. The predicted octanol–water partition coefficient (Wildman–Crippen LogP) is 4.12. The van der Waals surface area contributed by atoms with Crippen LogP contribution in [0.2, 0.25) is 0 Å². The molecule has 0 aliphatic rings. The predicted molar refractivity (Wildman–Crippen MR) is 99.4 cm³/mol. The van der Waals surface area contributed by atoms with E-state index in [0.29, 0.717) is 19.8 Å². The molecule has 2 rings (SSSR count). The van der Waals surface area contributed by atoms with Gasteiger partial charge in [-0.15, -0.1) is 0 Å². The highest BCUT2D eigenvalue weighted by atomic mass is 19.1. The van der Waals surface area contributed by atoms with E-state index in [1.54, 1.807) is 7.11 Å². The Morgan fingerprint density at radius 2 is 1.62 bits per heavy atom. The van der Waals surface area contributed by atoms with E-state index in [2.05, 4.69) is 31.3 Å². The van der Waals surface area contributed by atoms with E-state index in [9.17, 15) is 8.78 Å². The second-order valence-corrected chi connectivity index (χ2v) is 6.41. The molecule has 1 atom stereocenters. The van der Waals surface area contributed by atoms with Gasteiger partial charge in [0.2, 0.25) is 0 Å². The van der Waals surface area contributed by atoms with Crippen molar-refractivity contribution < 1.29 is 18.3 Å². The third-order valence-corrected chi connectivity index (χ3v) is 4.45. The van der Waals surface area contributed by atoms with Crippen LogP contribution in [-0.4, -0.2) is 33.4 Å². The van der Waals surface area contributed by atoms with Gasteiger partial charge in [-0.3, -0.25) is 0 Å². The molecule has 5 heteroatoms. The first-order valence-electron chi connectivity index (χ1n) is 8.81. The second kappa shape index (κ2) is 10.4. The summed E-state index contributed by atoms with van der Waals surface area (Å²) in [5, 5.41) is 3.36. The van der Waals surface area contributed by atoms with Gasteiger partial charge in [0.25, 0.3) is 0 Å². The summed E-state index contributed by atoms with van der Waals surface area (Å²) >= 11 is 0. The summed E-state index contributed by atoms with van der Waals surface area (Å²) in [5.74, 6) is -1.07. The van der Waals surface area contributed by atoms with Gasteiger partial charge in [0.15, 0.2) is 0 Å². The molecule has 0 saturated heterocycles. The topological polar surface area (TPSA) is 30.5 Å². The van der Waals surface area contributed by atoms with E-state index in [-0.39, 0.29) is 18.1 Å². The van der Waals surface area contributed by atoms with Crippen LogP contribution in [0.5, 0.6) is 0 Å². The Balaban J connectivity index is 2.06. The maximum absolute atomic E-state index is 13.8. The van der Waals surface area contributed by atoms with E-state index in [1.807, 2.05) is 6.07 Å². The highest BCUT2D eigenvalue weighted by molar-refractivity contribution is 5.37. The average molecular weight is 363 g/mol. The summed E-state index contributed by atoms with van der Waals surface area (Å²) in [6.07, 6.45) is 0. The van der Waals surface area contributed by atoms with Crippen molar-refractivity contribution in [3.63, 3.8) is 0 Å². The highest BCUT2D eigenvalue weighted by Gasteiger charge is 2.17. The number of halogens is 2. The molecule has 1 N–H and O–H groups in total. The van der Waals surface area contributed by atoms with Gasteiger partial charge in [-0.05, 0) is 42.7 Å². The van der Waals surface area contributed by atoms with E-state index >= 15 is 0 Å². The van der Waals surface area contributed by atoms with Crippen molar-refractivity contribution in [2.24, 2.45) is 0 Å². The van der Waals surface area contributed by atoms with Gasteiger partial charge < -0.3 is 14.8 Å². The lowest BCUT2D eigenvalue weighted by Gasteiger charge is -2.22. The lowest BCUT2D eigenvalue weighted by atomic mass is 9.91. The summed E-state index contributed by atoms with van der Waals surface area (Å²) in [7, 11) is 1.66. The first-order chi connectivity index (χ1) is 12.5. The standard InChI is InChI=1S/C21H27F2NO2/c1-15-6-4-7-16(2)21(15)17(12-24-10-11-25-3)13-26-14-18-19(22)8-5-9-20(18)23/h4-9,17,24H,10-14H2,1-3H3. The molecule has 0 heterocycles. The molecule has 0 aliphatic carbocycles. The van der Waals surface area contributed by atoms with Crippen molar-refractivity contribution in [2.45, 2.75) is 26.4 Å². The monoisotopic (exact) mass is 363 g/mol. The van der Waals surface area contributed by atoms with Gasteiger partial charge in [0.1, 0.15) is 11.6 Å². The maximum Gasteiger partial charge on any atom is 0.131 e. The van der Waals surface area contributed by atoms with E-state index in [0.717, 1.165) is 6.54 Å². The fourth-order valence-electron chi connectivity index (χ4n) is 3.14. The molecule has 0 aromatic heterocycles. The van der Waals surface area contributed by atoms with Gasteiger partial charge >= 0.3 is 0 Å². The number of benzene rings is 2. The number of aryl methyl sites for hydroxylation is 2. The lowest BCUT2D eigenvalue weighted by molar-refractivity contribution is 0.101. The van der Waals surface area contributed by atoms with Crippen LogP contribution in [0.3, 0.4) is 0 Å². The van der Waals surface area contributed by atoms with Crippen LogP contribution >= 0.6 is 0 Å². The fraction of sp³-hybridized carbons (Fsp3) is 0.429. The molecule has 26 heavy (non-hydrogen) atoms. The Morgan fingerprint density at radius 3 is 2.23 bits per heavy atom. The van der Waals surface area contributed by atoms with E-state index in [4.69, 9.17) is 9.47 Å². The molecule has 0 fully saturated rings. The molecule has 0 amide bonds. The van der Waals surface area contributed by atoms with Crippen LogP contribution < -0.4 is 5.32 Å². The van der Waals surface area contributed by atoms with Crippen molar-refractivity contribution in [3.05, 3.63) is 70.3 Å². The van der Waals surface area contributed by atoms with Crippen LogP contribution in [0.1, 0.15) is 28.2 Å². The Labute approximate surface area is 154 Å². The number of hydrogen-bond acceptors (Lipinski definition) is 3. The van der Waals surface area contributed by atoms with Gasteiger partial charge in [-0.25, -0.2) is 8.78 Å². The van der Waals surface area contributed by atoms with Gasteiger partial charge in [0, 0.05) is 31.7 Å². The first kappa shape index (κ1) is 20.5. The fourth-order valence-corrected chi connectivity index (χ4v) is 3.14. The summed E-state index contributed by atoms with van der Waals surface area (Å²) in [5.41, 5.74) is 3.56. The van der Waals surface area contributed by atoms with Crippen molar-refractivity contribution >= 4 is 0 Å². The molecule has 2 aromatic carbocycles. The largest absolute Gasteiger partial charge is 0.383 e. The van der Waals surface area contributed by atoms with Crippen LogP contribution in [0.15, 0.2) is 36.4 Å². The zero-order chi connectivity index (χ0) is 18.9.